The fourth-order valence-electron chi connectivity index (χ4n) is 2.11. The van der Waals surface area contributed by atoms with Crippen molar-refractivity contribution >= 4 is 17.6 Å². The van der Waals surface area contributed by atoms with Crippen molar-refractivity contribution in [3.8, 4) is 17.4 Å². The summed E-state index contributed by atoms with van der Waals surface area (Å²) in [5, 5.41) is 0.385. The third-order valence-electron chi connectivity index (χ3n) is 3.44. The number of ether oxygens (including phenoxy) is 4. The number of rotatable bonds is 8. The lowest BCUT2D eigenvalue weighted by Crippen LogP contribution is -2.06. The van der Waals surface area contributed by atoms with Gasteiger partial charge in [0.05, 0.1) is 32.6 Å². The summed E-state index contributed by atoms with van der Waals surface area (Å²) in [4.78, 5) is 15.8. The lowest BCUT2D eigenvalue weighted by molar-refractivity contribution is 0.0600. The van der Waals surface area contributed by atoms with Crippen LogP contribution >= 0.6 is 11.6 Å². The molecule has 1 aromatic carbocycles. The summed E-state index contributed by atoms with van der Waals surface area (Å²) >= 11 is 6.18. The highest BCUT2D eigenvalue weighted by atomic mass is 35.5. The maximum atomic E-state index is 11.6. The Balaban J connectivity index is 2.06. The van der Waals surface area contributed by atoms with Crippen LogP contribution in [0.1, 0.15) is 29.8 Å². The Morgan fingerprint density at radius 1 is 1.19 bits per heavy atom. The average Bonchev–Trinajstić information content (AvgIpc) is 2.64. The van der Waals surface area contributed by atoms with Gasteiger partial charge in [0.15, 0.2) is 0 Å². The number of carbonyl (C=O) groups excluding carboxylic acids is 1. The summed E-state index contributed by atoms with van der Waals surface area (Å²) in [6.45, 7) is 4.86. The number of methoxy groups -OCH3 is 2. The third-order valence-corrected chi connectivity index (χ3v) is 3.71. The van der Waals surface area contributed by atoms with Crippen molar-refractivity contribution in [2.24, 2.45) is 5.92 Å². The van der Waals surface area contributed by atoms with Gasteiger partial charge >= 0.3 is 5.97 Å². The Morgan fingerprint density at radius 2 is 1.96 bits per heavy atom. The van der Waals surface area contributed by atoms with Crippen molar-refractivity contribution in [3.05, 3.63) is 46.6 Å². The van der Waals surface area contributed by atoms with E-state index < -0.39 is 5.97 Å². The second-order valence-corrected chi connectivity index (χ2v) is 6.38. The Labute approximate surface area is 158 Å². The van der Waals surface area contributed by atoms with E-state index in [1.54, 1.807) is 30.5 Å². The molecule has 6 nitrogen and oxygen atoms in total. The standard InChI is InChI=1S/C19H22ClNO5/c1-12(2)10-26-18-16(20)8-15(9-21-18)25-11-14-6-5-13(19(22)24-4)7-17(14)23-3/h5-9,12H,10-11H2,1-4H3. The molecule has 0 bridgehead atoms. The molecule has 0 amide bonds. The van der Waals surface area contributed by atoms with E-state index in [0.717, 1.165) is 5.56 Å². The molecule has 0 radical (unpaired) electrons. The quantitative estimate of drug-likeness (QED) is 0.642. The van der Waals surface area contributed by atoms with Gasteiger partial charge < -0.3 is 18.9 Å². The molecule has 1 heterocycles. The van der Waals surface area contributed by atoms with E-state index >= 15 is 0 Å². The van der Waals surface area contributed by atoms with E-state index in [1.165, 1.54) is 14.2 Å². The Morgan fingerprint density at radius 3 is 2.58 bits per heavy atom. The molecule has 0 aliphatic rings. The smallest absolute Gasteiger partial charge is 0.337 e. The first kappa shape index (κ1) is 19.8. The average molecular weight is 380 g/mol. The first-order chi connectivity index (χ1) is 12.4. The summed E-state index contributed by atoms with van der Waals surface area (Å²) in [6.07, 6.45) is 1.55. The van der Waals surface area contributed by atoms with Gasteiger partial charge in [-0.3, -0.25) is 0 Å². The monoisotopic (exact) mass is 379 g/mol. The lowest BCUT2D eigenvalue weighted by atomic mass is 10.1. The molecule has 0 aliphatic heterocycles. The Hall–Kier alpha value is -2.47. The Kier molecular flexibility index (Phi) is 7.09. The number of halogens is 1. The SMILES string of the molecule is COC(=O)c1ccc(COc2cnc(OCC(C)C)c(Cl)c2)c(OC)c1. The van der Waals surface area contributed by atoms with Crippen molar-refractivity contribution in [1.29, 1.82) is 0 Å². The van der Waals surface area contributed by atoms with E-state index in [-0.39, 0.29) is 6.61 Å². The maximum Gasteiger partial charge on any atom is 0.337 e. The van der Waals surface area contributed by atoms with Crippen LogP contribution in [0.2, 0.25) is 5.02 Å². The van der Waals surface area contributed by atoms with Gasteiger partial charge in [-0.05, 0) is 18.1 Å². The molecule has 0 unspecified atom stereocenters. The van der Waals surface area contributed by atoms with Crippen LogP contribution in [0.3, 0.4) is 0 Å². The fourth-order valence-corrected chi connectivity index (χ4v) is 2.32. The molecule has 0 fully saturated rings. The zero-order chi connectivity index (χ0) is 19.1. The number of hydrogen-bond acceptors (Lipinski definition) is 6. The van der Waals surface area contributed by atoms with Crippen LogP contribution in [-0.2, 0) is 11.3 Å². The van der Waals surface area contributed by atoms with E-state index in [4.69, 9.17) is 30.5 Å². The molecule has 26 heavy (non-hydrogen) atoms. The highest BCUT2D eigenvalue weighted by Crippen LogP contribution is 2.28. The molecule has 0 saturated heterocycles. The number of nitrogens with zero attached hydrogens (tertiary/aromatic N) is 1. The Bertz CT molecular complexity index is 764. The van der Waals surface area contributed by atoms with Crippen LogP contribution in [0.4, 0.5) is 0 Å². The van der Waals surface area contributed by atoms with Gasteiger partial charge in [-0.1, -0.05) is 31.5 Å². The van der Waals surface area contributed by atoms with Crippen LogP contribution in [0.5, 0.6) is 17.4 Å². The third kappa shape index (κ3) is 5.26. The molecule has 0 atom stereocenters. The van der Waals surface area contributed by atoms with Gasteiger partial charge in [0, 0.05) is 11.6 Å². The summed E-state index contributed by atoms with van der Waals surface area (Å²) < 4.78 is 21.3. The molecule has 7 heteroatoms. The van der Waals surface area contributed by atoms with Gasteiger partial charge in [0.1, 0.15) is 23.1 Å². The minimum Gasteiger partial charge on any atom is -0.496 e. The van der Waals surface area contributed by atoms with Gasteiger partial charge in [-0.2, -0.15) is 0 Å². The lowest BCUT2D eigenvalue weighted by Gasteiger charge is -2.13. The van der Waals surface area contributed by atoms with E-state index in [9.17, 15) is 4.79 Å². The van der Waals surface area contributed by atoms with Crippen LogP contribution in [0.15, 0.2) is 30.5 Å². The largest absolute Gasteiger partial charge is 0.496 e. The van der Waals surface area contributed by atoms with Gasteiger partial charge in [0.2, 0.25) is 5.88 Å². The second-order valence-electron chi connectivity index (χ2n) is 5.97. The molecule has 140 valence electrons. The second kappa shape index (κ2) is 9.29. The molecule has 0 saturated carbocycles. The summed E-state index contributed by atoms with van der Waals surface area (Å²) in [6, 6.07) is 6.67. The van der Waals surface area contributed by atoms with Crippen LogP contribution in [0, 0.1) is 5.92 Å². The summed E-state index contributed by atoms with van der Waals surface area (Å²) in [7, 11) is 2.86. The number of esters is 1. The van der Waals surface area contributed by atoms with Gasteiger partial charge in [0.25, 0.3) is 0 Å². The molecule has 2 aromatic rings. The molecule has 0 spiro atoms. The first-order valence-corrected chi connectivity index (χ1v) is 8.48. The molecular formula is C19H22ClNO5. The van der Waals surface area contributed by atoms with E-state index in [0.29, 0.717) is 40.5 Å². The van der Waals surface area contributed by atoms with E-state index in [2.05, 4.69) is 4.98 Å². The predicted octanol–water partition coefficient (Wildman–Crippen LogP) is 4.14. The summed E-state index contributed by atoms with van der Waals surface area (Å²) in [5.74, 6) is 1.37. The van der Waals surface area contributed by atoms with Crippen LogP contribution < -0.4 is 14.2 Å². The first-order valence-electron chi connectivity index (χ1n) is 8.11. The molecule has 2 rings (SSSR count). The van der Waals surface area contributed by atoms with Gasteiger partial charge in [-0.25, -0.2) is 9.78 Å². The summed E-state index contributed by atoms with van der Waals surface area (Å²) in [5.41, 5.74) is 1.18. The van der Waals surface area contributed by atoms with Crippen molar-refractivity contribution in [2.75, 3.05) is 20.8 Å². The minimum atomic E-state index is -0.427. The number of benzene rings is 1. The van der Waals surface area contributed by atoms with Crippen molar-refractivity contribution in [2.45, 2.75) is 20.5 Å². The normalized spacial score (nSPS) is 10.5. The van der Waals surface area contributed by atoms with Crippen LogP contribution in [0.25, 0.3) is 0 Å². The molecule has 0 N–H and O–H groups in total. The van der Waals surface area contributed by atoms with Crippen molar-refractivity contribution in [3.63, 3.8) is 0 Å². The minimum absolute atomic E-state index is 0.231. The number of hydrogen-bond donors (Lipinski definition) is 0. The molecule has 1 aromatic heterocycles. The number of pyridine rings is 1. The molecular weight excluding hydrogens is 358 g/mol. The maximum absolute atomic E-state index is 11.6. The zero-order valence-electron chi connectivity index (χ0n) is 15.2. The fraction of sp³-hybridized carbons (Fsp3) is 0.368. The number of aromatic nitrogens is 1. The van der Waals surface area contributed by atoms with Crippen molar-refractivity contribution in [1.82, 2.24) is 4.98 Å². The van der Waals surface area contributed by atoms with Crippen LogP contribution in [-0.4, -0.2) is 31.8 Å². The van der Waals surface area contributed by atoms with E-state index in [1.807, 2.05) is 13.8 Å². The predicted molar refractivity (Wildman–Crippen MR) is 98.2 cm³/mol. The zero-order valence-corrected chi connectivity index (χ0v) is 16.0. The van der Waals surface area contributed by atoms with Gasteiger partial charge in [-0.15, -0.1) is 0 Å². The highest BCUT2D eigenvalue weighted by molar-refractivity contribution is 6.31. The number of carbonyl (C=O) groups is 1. The topological polar surface area (TPSA) is 66.9 Å². The molecule has 0 aliphatic carbocycles. The highest BCUT2D eigenvalue weighted by Gasteiger charge is 2.12. The van der Waals surface area contributed by atoms with Crippen molar-refractivity contribution < 1.29 is 23.7 Å².